The molecular formula is C18H22FN3. The van der Waals surface area contributed by atoms with E-state index < -0.39 is 0 Å². The maximum atomic E-state index is 13.4. The van der Waals surface area contributed by atoms with Crippen molar-refractivity contribution >= 4 is 5.84 Å². The Kier molecular flexibility index (Phi) is 2.25. The summed E-state index contributed by atoms with van der Waals surface area (Å²) in [5, 5.41) is 3.74. The van der Waals surface area contributed by atoms with Crippen LogP contribution in [0.5, 0.6) is 0 Å². The maximum Gasteiger partial charge on any atom is 0.123 e. The number of nitrogens with two attached hydrogens (primary N) is 2. The molecule has 1 aromatic carbocycles. The summed E-state index contributed by atoms with van der Waals surface area (Å²) in [5.74, 6) is 9.01. The Balaban J connectivity index is 1.61. The Morgan fingerprint density at radius 2 is 1.91 bits per heavy atom. The van der Waals surface area contributed by atoms with Gasteiger partial charge in [-0.25, -0.2) is 4.39 Å². The molecule has 5 rings (SSSR count). The third-order valence-electron chi connectivity index (χ3n) is 7.67. The Bertz CT molecular complexity index is 669. The summed E-state index contributed by atoms with van der Waals surface area (Å²) >= 11 is 0. The zero-order valence-electron chi connectivity index (χ0n) is 12.6. The van der Waals surface area contributed by atoms with Crippen LogP contribution in [0, 0.1) is 34.9 Å². The van der Waals surface area contributed by atoms with Crippen molar-refractivity contribution in [1.29, 1.82) is 0 Å². The smallest absolute Gasteiger partial charge is 0.123 e. The van der Waals surface area contributed by atoms with Gasteiger partial charge >= 0.3 is 0 Å². The number of halogens is 1. The molecule has 0 aliphatic heterocycles. The van der Waals surface area contributed by atoms with Crippen molar-refractivity contribution in [2.75, 3.05) is 0 Å². The van der Waals surface area contributed by atoms with Crippen LogP contribution in [0.1, 0.15) is 37.7 Å². The van der Waals surface area contributed by atoms with Gasteiger partial charge in [0, 0.05) is 11.8 Å². The normalized spacial score (nSPS) is 47.8. The number of rotatable bonds is 3. The fourth-order valence-corrected chi connectivity index (χ4v) is 7.24. The van der Waals surface area contributed by atoms with Gasteiger partial charge in [0.25, 0.3) is 0 Å². The highest BCUT2D eigenvalue weighted by molar-refractivity contribution is 5.82. The van der Waals surface area contributed by atoms with Gasteiger partial charge in [0.15, 0.2) is 0 Å². The molecule has 6 unspecified atom stereocenters. The highest BCUT2D eigenvalue weighted by Gasteiger charge is 2.82. The van der Waals surface area contributed by atoms with Crippen LogP contribution in [0.15, 0.2) is 29.4 Å². The molecule has 0 saturated heterocycles. The Morgan fingerprint density at radius 3 is 2.59 bits per heavy atom. The average Bonchev–Trinajstić information content (AvgIpc) is 3.02. The van der Waals surface area contributed by atoms with Crippen LogP contribution in [0.2, 0.25) is 0 Å². The van der Waals surface area contributed by atoms with E-state index in [9.17, 15) is 4.39 Å². The lowest BCUT2D eigenvalue weighted by atomic mass is 9.27. The second-order valence-electron chi connectivity index (χ2n) is 8.04. The molecule has 4 aliphatic carbocycles. The van der Waals surface area contributed by atoms with Crippen LogP contribution in [0.3, 0.4) is 0 Å². The highest BCUT2D eigenvalue weighted by atomic mass is 19.1. The van der Waals surface area contributed by atoms with Crippen LogP contribution >= 0.6 is 0 Å². The van der Waals surface area contributed by atoms with Crippen molar-refractivity contribution in [3.05, 3.63) is 35.6 Å². The second-order valence-corrected chi connectivity index (χ2v) is 8.04. The van der Waals surface area contributed by atoms with E-state index in [2.05, 4.69) is 5.10 Å². The molecule has 4 saturated carbocycles. The van der Waals surface area contributed by atoms with Gasteiger partial charge in [0.1, 0.15) is 11.7 Å². The van der Waals surface area contributed by atoms with Crippen molar-refractivity contribution in [1.82, 2.24) is 0 Å². The fraction of sp³-hybridized carbons (Fsp3) is 0.611. The molecule has 0 radical (unpaired) electrons. The van der Waals surface area contributed by atoms with E-state index >= 15 is 0 Å². The van der Waals surface area contributed by atoms with Crippen molar-refractivity contribution in [2.45, 2.75) is 37.5 Å². The average molecular weight is 299 g/mol. The zero-order chi connectivity index (χ0) is 15.1. The molecule has 0 heterocycles. The van der Waals surface area contributed by atoms with Gasteiger partial charge < -0.3 is 11.6 Å². The first-order valence-electron chi connectivity index (χ1n) is 8.39. The number of nitrogens with zero attached hydrogens (tertiary/aromatic N) is 1. The lowest BCUT2D eigenvalue weighted by molar-refractivity contribution is -0.246. The van der Waals surface area contributed by atoms with E-state index in [4.69, 9.17) is 11.6 Å². The second kappa shape index (κ2) is 3.84. The number of hydrogen-bond donors (Lipinski definition) is 2. The maximum absolute atomic E-state index is 13.4. The van der Waals surface area contributed by atoms with Crippen LogP contribution < -0.4 is 11.6 Å². The molecule has 1 spiro atoms. The summed E-state index contributed by atoms with van der Waals surface area (Å²) in [7, 11) is 0. The van der Waals surface area contributed by atoms with Crippen molar-refractivity contribution in [3.63, 3.8) is 0 Å². The number of fused-ring (bicyclic) bond motifs is 1. The van der Waals surface area contributed by atoms with E-state index in [0.717, 1.165) is 18.3 Å². The Labute approximate surface area is 129 Å². The lowest BCUT2D eigenvalue weighted by Crippen LogP contribution is -2.74. The van der Waals surface area contributed by atoms with Crippen LogP contribution in [-0.4, -0.2) is 5.84 Å². The number of benzene rings is 1. The van der Waals surface area contributed by atoms with Crippen LogP contribution in [-0.2, 0) is 5.41 Å². The van der Waals surface area contributed by atoms with E-state index in [0.29, 0.717) is 23.1 Å². The van der Waals surface area contributed by atoms with Gasteiger partial charge in [0.05, 0.1) is 0 Å². The standard InChI is InChI=1S/C18H22FN3/c19-13-3-1-11(2-4-13)18(9-16(20)22-21)14-6-10-5-12-7-15(18)17(12,14)8-10/h1-4,10,12,14-15H,5-9,21H2,(H2,20,22). The molecule has 116 valence electrons. The Hall–Kier alpha value is -1.58. The third-order valence-corrected chi connectivity index (χ3v) is 7.67. The fourth-order valence-electron chi connectivity index (χ4n) is 7.24. The summed E-state index contributed by atoms with van der Waals surface area (Å²) < 4.78 is 13.4. The predicted octanol–water partition coefficient (Wildman–Crippen LogP) is 2.75. The minimum Gasteiger partial charge on any atom is -0.386 e. The summed E-state index contributed by atoms with van der Waals surface area (Å²) in [4.78, 5) is 0. The summed E-state index contributed by atoms with van der Waals surface area (Å²) in [6.07, 6.45) is 6.19. The van der Waals surface area contributed by atoms with E-state index in [1.807, 2.05) is 12.1 Å². The summed E-state index contributed by atoms with van der Waals surface area (Å²) in [6.45, 7) is 0. The molecule has 2 bridgehead atoms. The molecule has 6 atom stereocenters. The predicted molar refractivity (Wildman–Crippen MR) is 83.4 cm³/mol. The van der Waals surface area contributed by atoms with Crippen molar-refractivity contribution in [2.24, 2.45) is 45.8 Å². The first-order chi connectivity index (χ1) is 10.6. The van der Waals surface area contributed by atoms with Gasteiger partial charge in [0.2, 0.25) is 0 Å². The molecule has 0 aromatic heterocycles. The van der Waals surface area contributed by atoms with E-state index in [1.165, 1.54) is 31.2 Å². The molecule has 4 heteroatoms. The molecule has 0 amide bonds. The van der Waals surface area contributed by atoms with Gasteiger partial charge in [-0.15, -0.1) is 0 Å². The molecule has 4 aliphatic rings. The molecule has 4 fully saturated rings. The van der Waals surface area contributed by atoms with Gasteiger partial charge in [-0.05, 0) is 72.5 Å². The SMILES string of the molecule is N/N=C(\N)CC1(c2ccc(F)cc2)C2CC3CC4CC1C42C3. The first kappa shape index (κ1) is 12.9. The Morgan fingerprint density at radius 1 is 1.18 bits per heavy atom. The minimum atomic E-state index is -0.173. The summed E-state index contributed by atoms with van der Waals surface area (Å²) in [5.41, 5.74) is 7.91. The van der Waals surface area contributed by atoms with Gasteiger partial charge in [-0.3, -0.25) is 0 Å². The molecular weight excluding hydrogens is 277 g/mol. The minimum absolute atomic E-state index is 0.0479. The molecule has 1 aromatic rings. The van der Waals surface area contributed by atoms with E-state index in [-0.39, 0.29) is 11.2 Å². The van der Waals surface area contributed by atoms with Gasteiger partial charge in [-0.2, -0.15) is 5.10 Å². The first-order valence-corrected chi connectivity index (χ1v) is 8.39. The number of hydrazone groups is 1. The third kappa shape index (κ3) is 1.19. The quantitative estimate of drug-likeness (QED) is 0.390. The monoisotopic (exact) mass is 299 g/mol. The van der Waals surface area contributed by atoms with E-state index in [1.54, 1.807) is 12.1 Å². The largest absolute Gasteiger partial charge is 0.386 e. The topological polar surface area (TPSA) is 64.4 Å². The van der Waals surface area contributed by atoms with Crippen molar-refractivity contribution in [3.8, 4) is 0 Å². The lowest BCUT2D eigenvalue weighted by Gasteiger charge is -2.77. The number of amidine groups is 1. The van der Waals surface area contributed by atoms with Gasteiger partial charge in [-0.1, -0.05) is 12.1 Å². The van der Waals surface area contributed by atoms with Crippen LogP contribution in [0.4, 0.5) is 4.39 Å². The zero-order valence-corrected chi connectivity index (χ0v) is 12.6. The number of hydrogen-bond acceptors (Lipinski definition) is 2. The van der Waals surface area contributed by atoms with Crippen molar-refractivity contribution < 1.29 is 4.39 Å². The molecule has 4 N–H and O–H groups in total. The summed E-state index contributed by atoms with van der Waals surface area (Å²) in [6, 6.07) is 7.10. The van der Waals surface area contributed by atoms with Crippen LogP contribution in [0.25, 0.3) is 0 Å². The molecule has 3 nitrogen and oxygen atoms in total. The molecule has 22 heavy (non-hydrogen) atoms. The highest BCUT2D eigenvalue weighted by Crippen LogP contribution is 2.87.